The number of benzene rings is 1. The summed E-state index contributed by atoms with van der Waals surface area (Å²) >= 11 is 0. The molecule has 124 valence electrons. The Labute approximate surface area is 137 Å². The van der Waals surface area contributed by atoms with Gasteiger partial charge >= 0.3 is 7.12 Å². The van der Waals surface area contributed by atoms with Crippen LogP contribution in [-0.2, 0) is 19.5 Å². The summed E-state index contributed by atoms with van der Waals surface area (Å²) in [6.07, 6.45) is 0.361. The largest absolute Gasteiger partial charge is 0.459 e. The highest BCUT2D eigenvalue weighted by molar-refractivity contribution is 6.47. The van der Waals surface area contributed by atoms with Gasteiger partial charge in [0.25, 0.3) is 0 Å². The van der Waals surface area contributed by atoms with Crippen LogP contribution in [0.3, 0.4) is 0 Å². The minimum Gasteiger partial charge on any atom is -0.403 e. The summed E-state index contributed by atoms with van der Waals surface area (Å²) in [6, 6.07) is 4.48. The van der Waals surface area contributed by atoms with Crippen molar-refractivity contribution in [2.75, 3.05) is 11.9 Å². The fourth-order valence-electron chi connectivity index (χ4n) is 3.42. The van der Waals surface area contributed by atoms with Crippen LogP contribution in [0.25, 0.3) is 0 Å². The zero-order valence-electron chi connectivity index (χ0n) is 14.6. The van der Waals surface area contributed by atoms with Gasteiger partial charge in [-0.3, -0.25) is 4.79 Å². The molecule has 0 aromatic heterocycles. The van der Waals surface area contributed by atoms with Gasteiger partial charge in [-0.15, -0.1) is 0 Å². The van der Waals surface area contributed by atoms with Gasteiger partial charge in [0.2, 0.25) is 5.91 Å². The van der Waals surface area contributed by atoms with Crippen molar-refractivity contribution in [1.82, 2.24) is 0 Å². The van der Waals surface area contributed by atoms with Gasteiger partial charge in [0.05, 0.1) is 16.6 Å². The molecule has 1 atom stereocenters. The third kappa shape index (κ3) is 2.31. The molecule has 0 bridgehead atoms. The van der Waals surface area contributed by atoms with Crippen LogP contribution in [0, 0.1) is 5.82 Å². The first kappa shape index (κ1) is 16.5. The SMILES string of the molecule is CN1C(=O)C(C)(CB2OC(C)(C)C(C)(C)O2)c2cc(F)ccc21. The lowest BCUT2D eigenvalue weighted by molar-refractivity contribution is -0.121. The maximum absolute atomic E-state index is 13.7. The van der Waals surface area contributed by atoms with E-state index in [0.29, 0.717) is 11.9 Å². The Morgan fingerprint density at radius 3 is 2.26 bits per heavy atom. The second-order valence-corrected chi connectivity index (χ2v) is 7.75. The van der Waals surface area contributed by atoms with Crippen molar-refractivity contribution in [1.29, 1.82) is 0 Å². The Kier molecular flexibility index (Phi) is 3.44. The number of hydrogen-bond acceptors (Lipinski definition) is 3. The van der Waals surface area contributed by atoms with E-state index in [1.807, 2.05) is 34.6 Å². The summed E-state index contributed by atoms with van der Waals surface area (Å²) in [4.78, 5) is 14.4. The van der Waals surface area contributed by atoms with Crippen LogP contribution >= 0.6 is 0 Å². The van der Waals surface area contributed by atoms with Crippen molar-refractivity contribution in [2.45, 2.75) is 57.6 Å². The van der Waals surface area contributed by atoms with Crippen molar-refractivity contribution < 1.29 is 18.5 Å². The molecule has 0 spiro atoms. The minimum atomic E-state index is -0.854. The molecule has 0 N–H and O–H groups in total. The molecule has 3 rings (SSSR count). The lowest BCUT2D eigenvalue weighted by Crippen LogP contribution is -2.41. The summed E-state index contributed by atoms with van der Waals surface area (Å²) < 4.78 is 25.8. The molecular formula is C17H23BFNO3. The molecule has 1 amide bonds. The molecule has 6 heteroatoms. The van der Waals surface area contributed by atoms with Gasteiger partial charge in [-0.05, 0) is 58.4 Å². The first-order chi connectivity index (χ1) is 10.5. The standard InChI is InChI=1S/C17H23BFNO3/c1-15(2)16(3,4)23-18(22-15)10-17(5)12-9-11(19)7-8-13(12)20(6)14(17)21/h7-9H,10H2,1-6H3. The molecule has 4 nitrogen and oxygen atoms in total. The predicted molar refractivity (Wildman–Crippen MR) is 88.1 cm³/mol. The Morgan fingerprint density at radius 1 is 1.13 bits per heavy atom. The number of carbonyl (C=O) groups is 1. The number of likely N-dealkylation sites (N-methyl/N-ethyl adjacent to an activating group) is 1. The quantitative estimate of drug-likeness (QED) is 0.786. The van der Waals surface area contributed by atoms with Gasteiger partial charge in [-0.1, -0.05) is 0 Å². The Balaban J connectivity index is 1.95. The highest BCUT2D eigenvalue weighted by Gasteiger charge is 2.56. The third-order valence-electron chi connectivity index (χ3n) is 5.57. The molecule has 1 fully saturated rings. The molecule has 1 unspecified atom stereocenters. The van der Waals surface area contributed by atoms with E-state index in [1.54, 1.807) is 18.0 Å². The molecular weight excluding hydrogens is 296 g/mol. The number of carbonyl (C=O) groups excluding carboxylic acids is 1. The number of halogens is 1. The Bertz CT molecular complexity index is 660. The van der Waals surface area contributed by atoms with E-state index in [9.17, 15) is 9.18 Å². The van der Waals surface area contributed by atoms with Crippen LogP contribution in [-0.4, -0.2) is 31.3 Å². The molecule has 2 aliphatic rings. The van der Waals surface area contributed by atoms with Crippen molar-refractivity contribution in [3.8, 4) is 0 Å². The van der Waals surface area contributed by atoms with Gasteiger partial charge < -0.3 is 14.2 Å². The van der Waals surface area contributed by atoms with E-state index in [4.69, 9.17) is 9.31 Å². The van der Waals surface area contributed by atoms with Gasteiger partial charge in [0.1, 0.15) is 5.82 Å². The van der Waals surface area contributed by atoms with Crippen LogP contribution in [0.2, 0.25) is 6.32 Å². The second kappa shape index (κ2) is 4.80. The first-order valence-electron chi connectivity index (χ1n) is 7.92. The van der Waals surface area contributed by atoms with Crippen LogP contribution in [0.4, 0.5) is 10.1 Å². The van der Waals surface area contributed by atoms with E-state index in [-0.39, 0.29) is 11.7 Å². The van der Waals surface area contributed by atoms with Crippen molar-refractivity contribution >= 4 is 18.7 Å². The smallest absolute Gasteiger partial charge is 0.403 e. The van der Waals surface area contributed by atoms with Crippen molar-refractivity contribution in [3.63, 3.8) is 0 Å². The van der Waals surface area contributed by atoms with Crippen LogP contribution in [0.15, 0.2) is 18.2 Å². The van der Waals surface area contributed by atoms with Crippen molar-refractivity contribution in [3.05, 3.63) is 29.6 Å². The third-order valence-corrected chi connectivity index (χ3v) is 5.57. The molecule has 0 saturated carbocycles. The lowest BCUT2D eigenvalue weighted by Gasteiger charge is -2.32. The van der Waals surface area contributed by atoms with Crippen LogP contribution in [0.5, 0.6) is 0 Å². The molecule has 2 aliphatic heterocycles. The molecule has 0 aliphatic carbocycles. The summed E-state index contributed by atoms with van der Waals surface area (Å²) in [5.74, 6) is -0.403. The highest BCUT2D eigenvalue weighted by Crippen LogP contribution is 2.47. The van der Waals surface area contributed by atoms with Crippen molar-refractivity contribution in [2.24, 2.45) is 0 Å². The number of hydrogen-bond donors (Lipinski definition) is 0. The number of amides is 1. The minimum absolute atomic E-state index is 0.0622. The maximum Gasteiger partial charge on any atom is 0.459 e. The zero-order chi connectivity index (χ0) is 17.2. The average molecular weight is 319 g/mol. The molecule has 1 aromatic carbocycles. The second-order valence-electron chi connectivity index (χ2n) is 7.75. The van der Waals surface area contributed by atoms with Gasteiger partial charge in [-0.2, -0.15) is 0 Å². The maximum atomic E-state index is 13.7. The first-order valence-corrected chi connectivity index (χ1v) is 7.92. The molecule has 0 radical (unpaired) electrons. The number of nitrogens with zero attached hydrogens (tertiary/aromatic N) is 1. The Hall–Kier alpha value is -1.40. The number of anilines is 1. The predicted octanol–water partition coefficient (Wildman–Crippen LogP) is 3.15. The topological polar surface area (TPSA) is 38.8 Å². The molecule has 1 aromatic rings. The van der Waals surface area contributed by atoms with Gasteiger partial charge in [-0.25, -0.2) is 4.39 Å². The van der Waals surface area contributed by atoms with Crippen LogP contribution in [0.1, 0.15) is 40.2 Å². The summed E-state index contributed by atoms with van der Waals surface area (Å²) in [6.45, 7) is 9.75. The fraction of sp³-hybridized carbons (Fsp3) is 0.588. The van der Waals surface area contributed by atoms with Crippen LogP contribution < -0.4 is 4.90 Å². The highest BCUT2D eigenvalue weighted by atomic mass is 19.1. The van der Waals surface area contributed by atoms with E-state index in [0.717, 1.165) is 5.69 Å². The lowest BCUT2D eigenvalue weighted by atomic mass is 9.66. The van der Waals surface area contributed by atoms with E-state index in [1.165, 1.54) is 12.1 Å². The van der Waals surface area contributed by atoms with Gasteiger partial charge in [0.15, 0.2) is 0 Å². The van der Waals surface area contributed by atoms with E-state index < -0.39 is 23.7 Å². The summed E-state index contributed by atoms with van der Waals surface area (Å²) in [7, 11) is 1.21. The summed E-state index contributed by atoms with van der Waals surface area (Å²) in [5, 5.41) is 0. The van der Waals surface area contributed by atoms with E-state index >= 15 is 0 Å². The molecule has 1 saturated heterocycles. The monoisotopic (exact) mass is 319 g/mol. The fourth-order valence-corrected chi connectivity index (χ4v) is 3.42. The number of rotatable bonds is 2. The average Bonchev–Trinajstić information content (AvgIpc) is 2.73. The molecule has 23 heavy (non-hydrogen) atoms. The van der Waals surface area contributed by atoms with Gasteiger partial charge in [0, 0.05) is 19.1 Å². The molecule has 2 heterocycles. The Morgan fingerprint density at radius 2 is 1.70 bits per heavy atom. The summed E-state index contributed by atoms with van der Waals surface area (Å²) in [5.41, 5.74) is -0.318. The zero-order valence-corrected chi connectivity index (χ0v) is 14.6. The number of fused-ring (bicyclic) bond motifs is 1. The normalized spacial score (nSPS) is 28.4. The van der Waals surface area contributed by atoms with E-state index in [2.05, 4.69) is 0 Å².